The van der Waals surface area contributed by atoms with Crippen LogP contribution in [0.25, 0.3) is 32.7 Å². The molecular weight excluding hydrogens is 674 g/mol. The highest BCUT2D eigenvalue weighted by Gasteiger charge is 2.24. The molecule has 0 fully saturated rings. The lowest BCUT2D eigenvalue weighted by atomic mass is 9.92. The summed E-state index contributed by atoms with van der Waals surface area (Å²) in [6.07, 6.45) is 4.95. The van der Waals surface area contributed by atoms with Crippen LogP contribution in [0.1, 0.15) is 40.0 Å². The minimum atomic E-state index is -1.02. The summed E-state index contributed by atoms with van der Waals surface area (Å²) < 4.78 is 22.5. The predicted molar refractivity (Wildman–Crippen MR) is 207 cm³/mol. The van der Waals surface area contributed by atoms with Gasteiger partial charge in [-0.15, -0.1) is 6.58 Å². The smallest absolute Gasteiger partial charge is 0.407 e. The summed E-state index contributed by atoms with van der Waals surface area (Å²) in [7, 11) is 1.21. The van der Waals surface area contributed by atoms with Gasteiger partial charge in [0.2, 0.25) is 0 Å². The second-order valence-electron chi connectivity index (χ2n) is 13.0. The zero-order chi connectivity index (χ0) is 38.4. The second kappa shape index (κ2) is 18.9. The van der Waals surface area contributed by atoms with Gasteiger partial charge in [-0.25, -0.2) is 9.59 Å². The summed E-state index contributed by atoms with van der Waals surface area (Å²) in [5.41, 5.74) is 0.797. The Morgan fingerprint density at radius 2 is 1.42 bits per heavy atom. The van der Waals surface area contributed by atoms with Gasteiger partial charge >= 0.3 is 12.1 Å². The molecule has 0 aromatic heterocycles. The zero-order valence-electron chi connectivity index (χ0n) is 30.7. The number of alkyl carbamates (subject to hydrolysis) is 1. The number of benzene rings is 4. The maximum absolute atomic E-state index is 13.5. The third-order valence-electron chi connectivity index (χ3n) is 7.86. The number of rotatable bonds is 17. The van der Waals surface area contributed by atoms with Crippen LogP contribution in [0.15, 0.2) is 110 Å². The molecule has 3 amide bonds. The van der Waals surface area contributed by atoms with Crippen molar-refractivity contribution >= 4 is 45.4 Å². The number of carbonyl (C=O) groups excluding carboxylic acids is 4. The predicted octanol–water partition coefficient (Wildman–Crippen LogP) is 7.14. The van der Waals surface area contributed by atoms with Crippen LogP contribution in [0.2, 0.25) is 0 Å². The van der Waals surface area contributed by atoms with E-state index in [1.54, 1.807) is 32.9 Å². The van der Waals surface area contributed by atoms with Crippen molar-refractivity contribution in [2.45, 2.75) is 51.7 Å². The molecular formula is C42H47N3O8. The number of hydrogen-bond acceptors (Lipinski definition) is 8. The number of esters is 1. The van der Waals surface area contributed by atoms with Crippen LogP contribution in [0.4, 0.5) is 4.79 Å². The summed E-state index contributed by atoms with van der Waals surface area (Å²) >= 11 is 0. The first-order valence-electron chi connectivity index (χ1n) is 17.3. The van der Waals surface area contributed by atoms with Gasteiger partial charge in [-0.3, -0.25) is 9.59 Å². The number of methoxy groups -OCH3 is 1. The molecule has 11 heteroatoms. The van der Waals surface area contributed by atoms with Crippen molar-refractivity contribution in [3.8, 4) is 22.6 Å². The van der Waals surface area contributed by atoms with E-state index in [2.05, 4.69) is 29.1 Å². The van der Waals surface area contributed by atoms with Crippen molar-refractivity contribution in [3.05, 3.63) is 110 Å². The molecule has 0 saturated heterocycles. The summed E-state index contributed by atoms with van der Waals surface area (Å²) in [6.45, 7) is 12.8. The first kappa shape index (κ1) is 39.7. The molecule has 0 aliphatic rings. The van der Waals surface area contributed by atoms with Gasteiger partial charge in [-0.05, 0) is 73.7 Å². The number of amides is 3. The third-order valence-corrected chi connectivity index (χ3v) is 7.86. The van der Waals surface area contributed by atoms with Gasteiger partial charge in [0.15, 0.2) is 6.61 Å². The molecule has 53 heavy (non-hydrogen) atoms. The maximum atomic E-state index is 13.5. The normalized spacial score (nSPS) is 12.0. The van der Waals surface area contributed by atoms with Gasteiger partial charge in [-0.1, -0.05) is 85.5 Å². The molecule has 0 saturated carbocycles. The van der Waals surface area contributed by atoms with E-state index in [0.29, 0.717) is 24.3 Å². The fourth-order valence-corrected chi connectivity index (χ4v) is 5.55. The monoisotopic (exact) mass is 721 g/mol. The van der Waals surface area contributed by atoms with Gasteiger partial charge in [0.05, 0.1) is 7.11 Å². The minimum Gasteiger partial charge on any atom is -0.489 e. The van der Waals surface area contributed by atoms with Crippen LogP contribution in [0, 0.1) is 0 Å². The molecule has 11 nitrogen and oxygen atoms in total. The number of fused-ring (bicyclic) bond motifs is 2. The molecule has 0 radical (unpaired) electrons. The van der Waals surface area contributed by atoms with E-state index >= 15 is 0 Å². The maximum Gasteiger partial charge on any atom is 0.407 e. The summed E-state index contributed by atoms with van der Waals surface area (Å²) in [6, 6.07) is 22.4. The average Bonchev–Trinajstić information content (AvgIpc) is 3.13. The van der Waals surface area contributed by atoms with E-state index in [-0.39, 0.29) is 25.3 Å². The van der Waals surface area contributed by atoms with E-state index in [1.807, 2.05) is 66.7 Å². The summed E-state index contributed by atoms with van der Waals surface area (Å²) in [5.74, 6) is -0.934. The van der Waals surface area contributed by atoms with Crippen LogP contribution in [-0.4, -0.2) is 62.4 Å². The molecule has 1 atom stereocenters. The standard InChI is InChI=1S/C42H47N3O8/c1-7-15-33(40(48)50-6)45-39(47)32(20-13-14-25-43-41(49)53-42(3,4)5)44-36(46)27-52-35-24-22-29-17-10-12-19-31(29)38(35)37-30-18-11-9-16-28(30)21-23-34(37)51-26-8-2/h7-12,16-24,33H,1-2,13-15,25-27H2,3-6H3,(H,43,49)(H,44,46)(H,45,47)/b32-20-. The molecule has 278 valence electrons. The van der Waals surface area contributed by atoms with E-state index in [1.165, 1.54) is 19.3 Å². The molecule has 0 spiro atoms. The molecule has 0 heterocycles. The topological polar surface area (TPSA) is 141 Å². The Labute approximate surface area is 310 Å². The number of carbonyl (C=O) groups is 4. The molecule has 0 aliphatic carbocycles. The number of nitrogens with one attached hydrogen (secondary N) is 3. The highest BCUT2D eigenvalue weighted by atomic mass is 16.6. The van der Waals surface area contributed by atoms with Crippen LogP contribution in [0.3, 0.4) is 0 Å². The van der Waals surface area contributed by atoms with E-state index < -0.39 is 42.1 Å². The van der Waals surface area contributed by atoms with Crippen LogP contribution >= 0.6 is 0 Å². The van der Waals surface area contributed by atoms with Gasteiger partial charge < -0.3 is 34.9 Å². The van der Waals surface area contributed by atoms with Gasteiger partial charge in [0.25, 0.3) is 11.8 Å². The Balaban J connectivity index is 1.61. The van der Waals surface area contributed by atoms with E-state index in [9.17, 15) is 19.2 Å². The van der Waals surface area contributed by atoms with Crippen molar-refractivity contribution < 1.29 is 38.1 Å². The van der Waals surface area contributed by atoms with Crippen molar-refractivity contribution in [1.29, 1.82) is 0 Å². The number of ether oxygens (including phenoxy) is 4. The van der Waals surface area contributed by atoms with Crippen molar-refractivity contribution in [1.82, 2.24) is 16.0 Å². The molecule has 4 aromatic rings. The fraction of sp³-hybridized carbons (Fsp3) is 0.286. The minimum absolute atomic E-state index is 0.0956. The second-order valence-corrected chi connectivity index (χ2v) is 13.0. The number of unbranched alkanes of at least 4 members (excludes halogenated alkanes) is 1. The Morgan fingerprint density at radius 1 is 0.811 bits per heavy atom. The van der Waals surface area contributed by atoms with Gasteiger partial charge in [0.1, 0.15) is 35.4 Å². The summed E-state index contributed by atoms with van der Waals surface area (Å²) in [5, 5.41) is 11.7. The Morgan fingerprint density at radius 3 is 1.98 bits per heavy atom. The van der Waals surface area contributed by atoms with Gasteiger partial charge in [0, 0.05) is 17.7 Å². The van der Waals surface area contributed by atoms with Gasteiger partial charge in [-0.2, -0.15) is 0 Å². The molecule has 4 aromatic carbocycles. The highest BCUT2D eigenvalue weighted by molar-refractivity contribution is 6.10. The Hall–Kier alpha value is -6.10. The van der Waals surface area contributed by atoms with Crippen LogP contribution in [-0.2, 0) is 23.9 Å². The van der Waals surface area contributed by atoms with Crippen LogP contribution < -0.4 is 25.4 Å². The highest BCUT2D eigenvalue weighted by Crippen LogP contribution is 2.45. The van der Waals surface area contributed by atoms with E-state index in [0.717, 1.165) is 32.7 Å². The SMILES string of the molecule is C=CCOc1ccc2ccccc2c1-c1c(OCC(=O)N/C(=C\CCCNC(=O)OC(C)(C)C)C(=O)NC(CC=C)C(=O)OC)ccc2ccccc12. The fourth-order valence-electron chi connectivity index (χ4n) is 5.55. The molecule has 4 rings (SSSR count). The molecule has 3 N–H and O–H groups in total. The van der Waals surface area contributed by atoms with Crippen molar-refractivity contribution in [2.24, 2.45) is 0 Å². The first-order valence-corrected chi connectivity index (χ1v) is 17.3. The zero-order valence-corrected chi connectivity index (χ0v) is 30.7. The van der Waals surface area contributed by atoms with Crippen molar-refractivity contribution in [2.75, 3.05) is 26.9 Å². The quantitative estimate of drug-likeness (QED) is 0.0452. The number of hydrogen-bond donors (Lipinski definition) is 3. The molecule has 1 unspecified atom stereocenters. The van der Waals surface area contributed by atoms with Crippen LogP contribution in [0.5, 0.6) is 11.5 Å². The van der Waals surface area contributed by atoms with Crippen molar-refractivity contribution in [3.63, 3.8) is 0 Å². The summed E-state index contributed by atoms with van der Waals surface area (Å²) in [4.78, 5) is 51.3. The lowest BCUT2D eigenvalue weighted by Crippen LogP contribution is -2.45. The molecule has 0 aliphatic heterocycles. The number of allylic oxidation sites excluding steroid dienone is 1. The Kier molecular flexibility index (Phi) is 14.2. The molecule has 0 bridgehead atoms. The average molecular weight is 722 g/mol. The largest absolute Gasteiger partial charge is 0.489 e. The van der Waals surface area contributed by atoms with E-state index in [4.69, 9.17) is 18.9 Å². The lowest BCUT2D eigenvalue weighted by molar-refractivity contribution is -0.144. The lowest BCUT2D eigenvalue weighted by Gasteiger charge is -2.20. The Bertz CT molecular complexity index is 2000. The first-order chi connectivity index (χ1) is 25.4. The third kappa shape index (κ3) is 11.2.